The molecular formula is C25H29ClFN3O2S. The van der Waals surface area contributed by atoms with Crippen LogP contribution in [0, 0.1) is 5.82 Å². The number of fused-ring (bicyclic) bond motifs is 2. The number of methoxy groups -OCH3 is 1. The van der Waals surface area contributed by atoms with Crippen molar-refractivity contribution in [3.63, 3.8) is 0 Å². The van der Waals surface area contributed by atoms with Crippen molar-refractivity contribution in [2.45, 2.75) is 47.9 Å². The summed E-state index contributed by atoms with van der Waals surface area (Å²) in [6, 6.07) is 10.9. The number of piperazine rings is 1. The van der Waals surface area contributed by atoms with Crippen LogP contribution in [0.5, 0.6) is 5.75 Å². The molecule has 0 aliphatic carbocycles. The third-order valence-corrected chi connectivity index (χ3v) is 8.59. The number of thioether (sulfide) groups is 1. The Labute approximate surface area is 203 Å². The highest BCUT2D eigenvalue weighted by atomic mass is 35.5. The van der Waals surface area contributed by atoms with E-state index in [2.05, 4.69) is 28.4 Å². The number of rotatable bonds is 5. The number of hydrogen-bond acceptors (Lipinski definition) is 5. The second-order valence-electron chi connectivity index (χ2n) is 9.03. The first kappa shape index (κ1) is 22.8. The number of piperidine rings is 1. The minimum absolute atomic E-state index is 0.126. The average molecular weight is 490 g/mol. The van der Waals surface area contributed by atoms with Crippen LogP contribution in [0.1, 0.15) is 36.0 Å². The van der Waals surface area contributed by atoms with Gasteiger partial charge in [-0.2, -0.15) is 0 Å². The van der Waals surface area contributed by atoms with Crippen LogP contribution < -0.4 is 15.0 Å². The maximum absolute atomic E-state index is 13.4. The number of benzene rings is 2. The van der Waals surface area contributed by atoms with E-state index in [1.165, 1.54) is 35.9 Å². The van der Waals surface area contributed by atoms with Crippen molar-refractivity contribution in [1.29, 1.82) is 0 Å². The van der Waals surface area contributed by atoms with Crippen LogP contribution in [0.25, 0.3) is 0 Å². The Kier molecular flexibility index (Phi) is 6.72. The van der Waals surface area contributed by atoms with E-state index in [0.717, 1.165) is 37.4 Å². The lowest BCUT2D eigenvalue weighted by Crippen LogP contribution is -2.55. The molecule has 8 heteroatoms. The summed E-state index contributed by atoms with van der Waals surface area (Å²) < 4.78 is 19.2. The van der Waals surface area contributed by atoms with Crippen LogP contribution in [-0.2, 0) is 0 Å². The summed E-state index contributed by atoms with van der Waals surface area (Å²) in [5.74, 6) is 0.317. The molecule has 1 amide bonds. The van der Waals surface area contributed by atoms with E-state index in [0.29, 0.717) is 23.9 Å². The Bertz CT molecular complexity index is 1020. The van der Waals surface area contributed by atoms with Crippen molar-refractivity contribution >= 4 is 35.0 Å². The zero-order valence-electron chi connectivity index (χ0n) is 18.7. The van der Waals surface area contributed by atoms with E-state index in [1.807, 2.05) is 16.7 Å². The van der Waals surface area contributed by atoms with E-state index in [-0.39, 0.29) is 23.0 Å². The molecule has 0 saturated carbocycles. The average Bonchev–Trinajstić information content (AvgIpc) is 3.08. The van der Waals surface area contributed by atoms with Gasteiger partial charge >= 0.3 is 0 Å². The van der Waals surface area contributed by atoms with Gasteiger partial charge in [0.2, 0.25) is 0 Å². The standard InChI is InChI=1S/C25H29ClFN3O2S/c1-32-24-7-5-20(33-19-8-10-28-11-9-19)13-23(24)30-17-3-4-18(30)15-29(14-17)25(31)21-6-2-16(27)12-22(21)26/h2,5-7,12-13,17-19,28H,3-4,8-11,14-15H2,1H3. The molecule has 2 aromatic carbocycles. The molecule has 3 heterocycles. The number of carbonyl (C=O) groups is 1. The van der Waals surface area contributed by atoms with Gasteiger partial charge in [0.1, 0.15) is 11.6 Å². The van der Waals surface area contributed by atoms with Gasteiger partial charge in [-0.15, -0.1) is 11.8 Å². The molecule has 5 rings (SSSR count). The maximum atomic E-state index is 13.4. The zero-order chi connectivity index (χ0) is 22.9. The van der Waals surface area contributed by atoms with Crippen molar-refractivity contribution < 1.29 is 13.9 Å². The summed E-state index contributed by atoms with van der Waals surface area (Å²) in [6.07, 6.45) is 4.43. The Morgan fingerprint density at radius 1 is 1.09 bits per heavy atom. The predicted molar refractivity (Wildman–Crippen MR) is 131 cm³/mol. The highest BCUT2D eigenvalue weighted by Gasteiger charge is 2.42. The monoisotopic (exact) mass is 489 g/mol. The van der Waals surface area contributed by atoms with Gasteiger partial charge in [0.25, 0.3) is 5.91 Å². The number of hydrogen-bond donors (Lipinski definition) is 1. The summed E-state index contributed by atoms with van der Waals surface area (Å²) in [4.78, 5) is 18.8. The Hall–Kier alpha value is -1.96. The fourth-order valence-corrected chi connectivity index (χ4v) is 6.78. The van der Waals surface area contributed by atoms with Gasteiger partial charge in [-0.1, -0.05) is 11.6 Å². The summed E-state index contributed by atoms with van der Waals surface area (Å²) in [7, 11) is 1.72. The number of anilines is 1. The maximum Gasteiger partial charge on any atom is 0.255 e. The van der Waals surface area contributed by atoms with Gasteiger partial charge in [-0.05, 0) is 75.2 Å². The van der Waals surface area contributed by atoms with Crippen LogP contribution in [0.15, 0.2) is 41.3 Å². The molecule has 2 atom stereocenters. The number of ether oxygens (including phenoxy) is 1. The van der Waals surface area contributed by atoms with Crippen LogP contribution in [0.2, 0.25) is 5.02 Å². The van der Waals surface area contributed by atoms with Crippen molar-refractivity contribution in [2.24, 2.45) is 0 Å². The number of nitrogens with one attached hydrogen (secondary N) is 1. The number of halogens is 2. The van der Waals surface area contributed by atoms with Crippen molar-refractivity contribution in [3.8, 4) is 5.75 Å². The molecule has 3 saturated heterocycles. The Balaban J connectivity index is 1.36. The second kappa shape index (κ2) is 9.72. The highest BCUT2D eigenvalue weighted by Crippen LogP contribution is 2.43. The first-order valence-corrected chi connectivity index (χ1v) is 12.9. The molecule has 1 N–H and O–H groups in total. The van der Waals surface area contributed by atoms with Crippen molar-refractivity contribution in [1.82, 2.24) is 10.2 Å². The van der Waals surface area contributed by atoms with E-state index < -0.39 is 5.82 Å². The molecule has 176 valence electrons. The largest absolute Gasteiger partial charge is 0.495 e. The quantitative estimate of drug-likeness (QED) is 0.652. The zero-order valence-corrected chi connectivity index (χ0v) is 20.3. The van der Waals surface area contributed by atoms with Gasteiger partial charge in [0.05, 0.1) is 23.4 Å². The summed E-state index contributed by atoms with van der Waals surface area (Å²) in [5, 5.41) is 4.24. The first-order valence-electron chi connectivity index (χ1n) is 11.6. The van der Waals surface area contributed by atoms with Gasteiger partial charge in [0, 0.05) is 35.3 Å². The molecule has 2 aromatic rings. The molecule has 3 aliphatic heterocycles. The Morgan fingerprint density at radius 3 is 2.48 bits per heavy atom. The molecule has 3 fully saturated rings. The van der Waals surface area contributed by atoms with Crippen molar-refractivity contribution in [2.75, 3.05) is 38.2 Å². The minimum Gasteiger partial charge on any atom is -0.495 e. The van der Waals surface area contributed by atoms with Gasteiger partial charge in [-0.3, -0.25) is 4.79 Å². The lowest BCUT2D eigenvalue weighted by Gasteiger charge is -2.43. The predicted octanol–water partition coefficient (Wildman–Crippen LogP) is 4.83. The number of nitrogens with zero attached hydrogens (tertiary/aromatic N) is 2. The second-order valence-corrected chi connectivity index (χ2v) is 10.8. The van der Waals surface area contributed by atoms with E-state index in [9.17, 15) is 9.18 Å². The fourth-order valence-electron chi connectivity index (χ4n) is 5.35. The Morgan fingerprint density at radius 2 is 1.82 bits per heavy atom. The van der Waals surface area contributed by atoms with Crippen LogP contribution in [-0.4, -0.2) is 61.4 Å². The molecule has 0 spiro atoms. The molecular weight excluding hydrogens is 461 g/mol. The number of amides is 1. The summed E-state index contributed by atoms with van der Waals surface area (Å²) in [6.45, 7) is 3.41. The molecule has 2 bridgehead atoms. The van der Waals surface area contributed by atoms with E-state index in [4.69, 9.17) is 16.3 Å². The summed E-state index contributed by atoms with van der Waals surface area (Å²) >= 11 is 8.13. The molecule has 5 nitrogen and oxygen atoms in total. The topological polar surface area (TPSA) is 44.8 Å². The third-order valence-electron chi connectivity index (χ3n) is 6.95. The molecule has 33 heavy (non-hydrogen) atoms. The van der Waals surface area contributed by atoms with Gasteiger partial charge in [0.15, 0.2) is 0 Å². The smallest absolute Gasteiger partial charge is 0.255 e. The molecule has 0 aromatic heterocycles. The normalized spacial score (nSPS) is 23.1. The van der Waals surface area contributed by atoms with E-state index >= 15 is 0 Å². The highest BCUT2D eigenvalue weighted by molar-refractivity contribution is 8.00. The summed E-state index contributed by atoms with van der Waals surface area (Å²) in [5.41, 5.74) is 1.49. The van der Waals surface area contributed by atoms with E-state index in [1.54, 1.807) is 7.11 Å². The van der Waals surface area contributed by atoms with Gasteiger partial charge < -0.3 is 19.9 Å². The van der Waals surface area contributed by atoms with Crippen LogP contribution in [0.3, 0.4) is 0 Å². The molecule has 0 radical (unpaired) electrons. The SMILES string of the molecule is COc1ccc(SC2CCNCC2)cc1N1C2CCC1CN(C(=O)c1ccc(F)cc1Cl)C2. The lowest BCUT2D eigenvalue weighted by molar-refractivity contribution is 0.0718. The van der Waals surface area contributed by atoms with Crippen LogP contribution in [0.4, 0.5) is 10.1 Å². The van der Waals surface area contributed by atoms with Crippen molar-refractivity contribution in [3.05, 3.63) is 52.8 Å². The number of likely N-dealkylation sites (tertiary alicyclic amines) is 1. The third kappa shape index (κ3) is 4.68. The number of carbonyl (C=O) groups excluding carboxylic acids is 1. The fraction of sp³-hybridized carbons (Fsp3) is 0.480. The lowest BCUT2D eigenvalue weighted by atomic mass is 10.1. The van der Waals surface area contributed by atoms with Crippen LogP contribution >= 0.6 is 23.4 Å². The van der Waals surface area contributed by atoms with Gasteiger partial charge in [-0.25, -0.2) is 4.39 Å². The first-order chi connectivity index (χ1) is 16.0. The molecule has 2 unspecified atom stereocenters. The molecule has 3 aliphatic rings. The minimum atomic E-state index is -0.434.